The molecule has 0 radical (unpaired) electrons. The fourth-order valence-electron chi connectivity index (χ4n) is 1.97. The van der Waals surface area contributed by atoms with E-state index in [1.54, 1.807) is 0 Å². The third-order valence-electron chi connectivity index (χ3n) is 3.21. The maximum atomic E-state index is 11.6. The Morgan fingerprint density at radius 3 is 2.19 bits per heavy atom. The normalized spacial score (nSPS) is 24.6. The molecule has 0 N–H and O–H groups in total. The molecule has 2 aliphatic rings. The fourth-order valence-corrected chi connectivity index (χ4v) is 2.80. The SMILES string of the molecule is CS(=O)(=O)N1CCN(CC(=O)C2CC2)CC1. The Labute approximate surface area is 96.5 Å². The van der Waals surface area contributed by atoms with Crippen molar-refractivity contribution in [2.45, 2.75) is 12.8 Å². The van der Waals surface area contributed by atoms with E-state index in [0.717, 1.165) is 12.8 Å². The minimum atomic E-state index is -3.06. The predicted octanol–water partition coefficient (Wildman–Crippen LogP) is -0.457. The Morgan fingerprint density at radius 1 is 1.19 bits per heavy atom. The molecule has 1 aliphatic carbocycles. The third kappa shape index (κ3) is 3.02. The van der Waals surface area contributed by atoms with Crippen molar-refractivity contribution in [3.63, 3.8) is 0 Å². The smallest absolute Gasteiger partial charge is 0.211 e. The third-order valence-corrected chi connectivity index (χ3v) is 4.52. The summed E-state index contributed by atoms with van der Waals surface area (Å²) >= 11 is 0. The first-order chi connectivity index (χ1) is 7.47. The second kappa shape index (κ2) is 4.43. The van der Waals surface area contributed by atoms with Crippen LogP contribution in [0, 0.1) is 5.92 Å². The van der Waals surface area contributed by atoms with Crippen molar-refractivity contribution < 1.29 is 13.2 Å². The molecule has 0 spiro atoms. The van der Waals surface area contributed by atoms with Gasteiger partial charge in [0.15, 0.2) is 0 Å². The van der Waals surface area contributed by atoms with E-state index in [1.165, 1.54) is 10.6 Å². The van der Waals surface area contributed by atoms with Crippen LogP contribution in [-0.2, 0) is 14.8 Å². The van der Waals surface area contributed by atoms with Gasteiger partial charge in [0.05, 0.1) is 12.8 Å². The number of ketones is 1. The second-order valence-electron chi connectivity index (χ2n) is 4.68. The molecule has 0 unspecified atom stereocenters. The first-order valence-corrected chi connectivity index (χ1v) is 7.52. The monoisotopic (exact) mass is 246 g/mol. The van der Waals surface area contributed by atoms with Gasteiger partial charge in [-0.1, -0.05) is 0 Å². The predicted molar refractivity (Wildman–Crippen MR) is 60.6 cm³/mol. The van der Waals surface area contributed by atoms with Crippen molar-refractivity contribution >= 4 is 15.8 Å². The van der Waals surface area contributed by atoms with Crippen LogP contribution < -0.4 is 0 Å². The molecule has 92 valence electrons. The molecule has 5 nitrogen and oxygen atoms in total. The van der Waals surface area contributed by atoms with Gasteiger partial charge < -0.3 is 0 Å². The van der Waals surface area contributed by atoms with E-state index in [4.69, 9.17) is 0 Å². The summed E-state index contributed by atoms with van der Waals surface area (Å²) in [6, 6.07) is 0. The summed E-state index contributed by atoms with van der Waals surface area (Å²) < 4.78 is 24.0. The number of piperazine rings is 1. The van der Waals surface area contributed by atoms with Gasteiger partial charge in [-0.3, -0.25) is 9.69 Å². The summed E-state index contributed by atoms with van der Waals surface area (Å²) in [6.07, 6.45) is 3.32. The highest BCUT2D eigenvalue weighted by molar-refractivity contribution is 7.88. The molecule has 2 fully saturated rings. The molecule has 1 saturated heterocycles. The molecular weight excluding hydrogens is 228 g/mol. The van der Waals surface area contributed by atoms with E-state index in [-0.39, 0.29) is 0 Å². The van der Waals surface area contributed by atoms with E-state index >= 15 is 0 Å². The Kier molecular flexibility index (Phi) is 3.32. The fraction of sp³-hybridized carbons (Fsp3) is 0.900. The van der Waals surface area contributed by atoms with E-state index in [2.05, 4.69) is 4.90 Å². The number of hydrogen-bond donors (Lipinski definition) is 0. The first-order valence-electron chi connectivity index (χ1n) is 5.67. The van der Waals surface area contributed by atoms with Gasteiger partial charge in [-0.25, -0.2) is 8.42 Å². The summed E-state index contributed by atoms with van der Waals surface area (Å²) in [4.78, 5) is 13.6. The number of sulfonamides is 1. The number of hydrogen-bond acceptors (Lipinski definition) is 4. The van der Waals surface area contributed by atoms with Gasteiger partial charge >= 0.3 is 0 Å². The van der Waals surface area contributed by atoms with Gasteiger partial charge in [-0.05, 0) is 12.8 Å². The number of Topliss-reactive ketones (excluding diaryl/α,β-unsaturated/α-hetero) is 1. The summed E-state index contributed by atoms with van der Waals surface area (Å²) in [5.41, 5.74) is 0. The van der Waals surface area contributed by atoms with Crippen molar-refractivity contribution in [3.8, 4) is 0 Å². The molecule has 0 aromatic carbocycles. The Bertz CT molecular complexity index is 368. The molecule has 1 heterocycles. The Hall–Kier alpha value is -0.460. The standard InChI is InChI=1S/C10H18N2O3S/c1-16(14,15)12-6-4-11(5-7-12)8-10(13)9-2-3-9/h9H,2-8H2,1H3. The molecule has 0 atom stereocenters. The topological polar surface area (TPSA) is 57.7 Å². The zero-order chi connectivity index (χ0) is 11.8. The average molecular weight is 246 g/mol. The number of rotatable bonds is 4. The van der Waals surface area contributed by atoms with Crippen LogP contribution in [0.4, 0.5) is 0 Å². The van der Waals surface area contributed by atoms with Gasteiger partial charge in [0.1, 0.15) is 5.78 Å². The molecular formula is C10H18N2O3S. The minimum absolute atomic E-state index is 0.299. The second-order valence-corrected chi connectivity index (χ2v) is 6.66. The highest BCUT2D eigenvalue weighted by Gasteiger charge is 2.31. The number of carbonyl (C=O) groups is 1. The molecule has 16 heavy (non-hydrogen) atoms. The first kappa shape index (κ1) is 12.0. The summed E-state index contributed by atoms with van der Waals surface area (Å²) in [5.74, 6) is 0.626. The van der Waals surface area contributed by atoms with Gasteiger partial charge in [0.25, 0.3) is 0 Å². The number of nitrogens with zero attached hydrogens (tertiary/aromatic N) is 2. The molecule has 0 amide bonds. The van der Waals surface area contributed by atoms with Crippen molar-refractivity contribution in [3.05, 3.63) is 0 Å². The van der Waals surface area contributed by atoms with Crippen molar-refractivity contribution in [1.29, 1.82) is 0 Å². The van der Waals surface area contributed by atoms with Crippen LogP contribution in [0.3, 0.4) is 0 Å². The lowest BCUT2D eigenvalue weighted by Crippen LogP contribution is -2.49. The number of carbonyl (C=O) groups excluding carboxylic acids is 1. The average Bonchev–Trinajstić information content (AvgIpc) is 3.00. The maximum Gasteiger partial charge on any atom is 0.211 e. The molecule has 0 aromatic heterocycles. The molecule has 1 aliphatic heterocycles. The van der Waals surface area contributed by atoms with Crippen LogP contribution in [0.5, 0.6) is 0 Å². The van der Waals surface area contributed by atoms with E-state index in [0.29, 0.717) is 44.4 Å². The Balaban J connectivity index is 1.78. The van der Waals surface area contributed by atoms with Crippen LogP contribution >= 0.6 is 0 Å². The molecule has 0 aromatic rings. The minimum Gasteiger partial charge on any atom is -0.298 e. The van der Waals surface area contributed by atoms with Crippen molar-refractivity contribution in [2.24, 2.45) is 5.92 Å². The lowest BCUT2D eigenvalue weighted by atomic mass is 10.2. The van der Waals surface area contributed by atoms with Gasteiger partial charge in [0.2, 0.25) is 10.0 Å². The van der Waals surface area contributed by atoms with Crippen LogP contribution in [0.1, 0.15) is 12.8 Å². The molecule has 2 rings (SSSR count). The lowest BCUT2D eigenvalue weighted by molar-refractivity contribution is -0.121. The largest absolute Gasteiger partial charge is 0.298 e. The molecule has 6 heteroatoms. The highest BCUT2D eigenvalue weighted by Crippen LogP contribution is 2.30. The van der Waals surface area contributed by atoms with Gasteiger partial charge in [-0.2, -0.15) is 4.31 Å². The lowest BCUT2D eigenvalue weighted by Gasteiger charge is -2.32. The summed E-state index contributed by atoms with van der Waals surface area (Å²) in [6.45, 7) is 2.87. The van der Waals surface area contributed by atoms with Crippen LogP contribution in [0.15, 0.2) is 0 Å². The molecule has 0 bridgehead atoms. The summed E-state index contributed by atoms with van der Waals surface area (Å²) in [5, 5.41) is 0. The van der Waals surface area contributed by atoms with E-state index in [9.17, 15) is 13.2 Å². The van der Waals surface area contributed by atoms with Crippen molar-refractivity contribution in [2.75, 3.05) is 39.0 Å². The van der Waals surface area contributed by atoms with Gasteiger partial charge in [0, 0.05) is 32.1 Å². The zero-order valence-corrected chi connectivity index (χ0v) is 10.4. The highest BCUT2D eigenvalue weighted by atomic mass is 32.2. The van der Waals surface area contributed by atoms with Gasteiger partial charge in [-0.15, -0.1) is 0 Å². The van der Waals surface area contributed by atoms with E-state index < -0.39 is 10.0 Å². The van der Waals surface area contributed by atoms with Crippen LogP contribution in [0.2, 0.25) is 0 Å². The quantitative estimate of drug-likeness (QED) is 0.674. The van der Waals surface area contributed by atoms with Crippen LogP contribution in [-0.4, -0.2) is 62.4 Å². The Morgan fingerprint density at radius 2 is 1.75 bits per heavy atom. The maximum absolute atomic E-state index is 11.6. The summed E-state index contributed by atoms with van der Waals surface area (Å²) in [7, 11) is -3.06. The zero-order valence-electron chi connectivity index (χ0n) is 9.55. The van der Waals surface area contributed by atoms with Crippen molar-refractivity contribution in [1.82, 2.24) is 9.21 Å². The van der Waals surface area contributed by atoms with E-state index in [1.807, 2.05) is 0 Å². The molecule has 1 saturated carbocycles. The van der Waals surface area contributed by atoms with Crippen LogP contribution in [0.25, 0.3) is 0 Å².